The van der Waals surface area contributed by atoms with Gasteiger partial charge in [0.05, 0.1) is 19.2 Å². The number of nitrogens with zero attached hydrogens (tertiary/aromatic N) is 2. The number of Topliss-reactive ketones (excluding diaryl/α,β-unsaturated/α-hetero) is 1. The SMILES string of the molecule is COc1cc2[nH]cc(C(=O)CN(C)C)c2cc1C(=O)N1CCC(F)(Cc2ccc(F)cc2)CC1. The molecule has 1 amide bonds. The van der Waals surface area contributed by atoms with E-state index >= 15 is 4.39 Å². The van der Waals surface area contributed by atoms with Crippen LogP contribution in [0.4, 0.5) is 8.78 Å². The van der Waals surface area contributed by atoms with Crippen LogP contribution in [0.3, 0.4) is 0 Å². The second-order valence-corrected chi connectivity index (χ2v) is 9.21. The molecule has 0 saturated carbocycles. The predicted molar refractivity (Wildman–Crippen MR) is 127 cm³/mol. The van der Waals surface area contributed by atoms with Gasteiger partial charge in [-0.2, -0.15) is 0 Å². The molecule has 2 heterocycles. The largest absolute Gasteiger partial charge is 0.496 e. The third kappa shape index (κ3) is 4.97. The molecule has 1 aliphatic heterocycles. The van der Waals surface area contributed by atoms with E-state index in [1.54, 1.807) is 40.3 Å². The van der Waals surface area contributed by atoms with Crippen molar-refractivity contribution in [2.45, 2.75) is 24.9 Å². The molecule has 34 heavy (non-hydrogen) atoms. The van der Waals surface area contributed by atoms with Crippen LogP contribution in [0, 0.1) is 5.82 Å². The number of carbonyl (C=O) groups excluding carboxylic acids is 2. The molecule has 8 heteroatoms. The number of fused-ring (bicyclic) bond motifs is 1. The second kappa shape index (κ2) is 9.54. The summed E-state index contributed by atoms with van der Waals surface area (Å²) < 4.78 is 34.1. The van der Waals surface area contributed by atoms with E-state index in [1.165, 1.54) is 19.2 Å². The molecule has 4 rings (SSSR count). The van der Waals surface area contributed by atoms with Gasteiger partial charge in [-0.25, -0.2) is 8.78 Å². The van der Waals surface area contributed by atoms with E-state index in [-0.39, 0.29) is 56.4 Å². The lowest BCUT2D eigenvalue weighted by Crippen LogP contribution is -2.45. The lowest BCUT2D eigenvalue weighted by molar-refractivity contribution is 0.0435. The number of aromatic nitrogens is 1. The monoisotopic (exact) mass is 469 g/mol. The van der Waals surface area contributed by atoms with Crippen molar-refractivity contribution in [3.05, 3.63) is 65.1 Å². The minimum Gasteiger partial charge on any atom is -0.496 e. The zero-order valence-electron chi connectivity index (χ0n) is 19.7. The average molecular weight is 470 g/mol. The molecule has 0 radical (unpaired) electrons. The minimum absolute atomic E-state index is 0.0548. The standard InChI is InChI=1S/C26H29F2N3O3/c1-30(2)16-23(32)21-15-29-22-13-24(34-3)20(12-19(21)22)25(33)31-10-8-26(28,9-11-31)14-17-4-6-18(27)7-5-17/h4-7,12-13,15,29H,8-11,14,16H2,1-3H3. The van der Waals surface area contributed by atoms with Crippen molar-refractivity contribution >= 4 is 22.6 Å². The molecule has 2 aromatic carbocycles. The molecule has 180 valence electrons. The Morgan fingerprint density at radius 1 is 1.12 bits per heavy atom. The van der Waals surface area contributed by atoms with Crippen LogP contribution in [0.1, 0.15) is 39.1 Å². The number of halogens is 2. The lowest BCUT2D eigenvalue weighted by atomic mass is 9.86. The number of likely N-dealkylation sites (tertiary alicyclic amines) is 1. The number of piperidine rings is 1. The molecule has 1 fully saturated rings. The summed E-state index contributed by atoms with van der Waals surface area (Å²) in [5.41, 5.74) is 0.851. The van der Waals surface area contributed by atoms with Gasteiger partial charge in [-0.3, -0.25) is 9.59 Å². The number of hydrogen-bond donors (Lipinski definition) is 1. The maximum atomic E-state index is 15.5. The topological polar surface area (TPSA) is 65.6 Å². The van der Waals surface area contributed by atoms with Crippen LogP contribution < -0.4 is 4.74 Å². The number of hydrogen-bond acceptors (Lipinski definition) is 4. The minimum atomic E-state index is -1.45. The number of methoxy groups -OCH3 is 1. The fourth-order valence-electron chi connectivity index (χ4n) is 4.51. The highest BCUT2D eigenvalue weighted by Crippen LogP contribution is 2.33. The molecule has 0 unspecified atom stereocenters. The smallest absolute Gasteiger partial charge is 0.257 e. The van der Waals surface area contributed by atoms with Gasteiger partial charge in [-0.05, 0) is 50.7 Å². The zero-order chi connectivity index (χ0) is 24.5. The molecule has 0 bridgehead atoms. The van der Waals surface area contributed by atoms with E-state index in [1.807, 2.05) is 14.1 Å². The molecule has 0 spiro atoms. The Kier molecular flexibility index (Phi) is 6.70. The van der Waals surface area contributed by atoms with Crippen LogP contribution in [0.15, 0.2) is 42.6 Å². The van der Waals surface area contributed by atoms with Gasteiger partial charge >= 0.3 is 0 Å². The summed E-state index contributed by atoms with van der Waals surface area (Å²) in [6.45, 7) is 0.773. The van der Waals surface area contributed by atoms with E-state index in [2.05, 4.69) is 4.98 Å². The molecule has 1 saturated heterocycles. The first kappa shape index (κ1) is 23.9. The molecule has 1 aromatic heterocycles. The number of amides is 1. The van der Waals surface area contributed by atoms with Crippen LogP contribution in [0.5, 0.6) is 5.75 Å². The van der Waals surface area contributed by atoms with Gasteiger partial charge in [-0.1, -0.05) is 12.1 Å². The average Bonchev–Trinajstić information content (AvgIpc) is 3.22. The molecular weight excluding hydrogens is 440 g/mol. The highest BCUT2D eigenvalue weighted by molar-refractivity contribution is 6.11. The molecule has 1 N–H and O–H groups in total. The molecule has 0 atom stereocenters. The van der Waals surface area contributed by atoms with Crippen LogP contribution in [0.2, 0.25) is 0 Å². The number of ketones is 1. The van der Waals surface area contributed by atoms with E-state index < -0.39 is 5.67 Å². The Hall–Kier alpha value is -3.26. The summed E-state index contributed by atoms with van der Waals surface area (Å²) in [6.07, 6.45) is 2.22. The first-order chi connectivity index (χ1) is 16.2. The summed E-state index contributed by atoms with van der Waals surface area (Å²) in [5, 5.41) is 0.657. The molecule has 0 aliphatic carbocycles. The molecule has 3 aromatic rings. The lowest BCUT2D eigenvalue weighted by Gasteiger charge is -2.36. The van der Waals surface area contributed by atoms with Gasteiger partial charge < -0.3 is 19.5 Å². The van der Waals surface area contributed by atoms with Crippen LogP contribution in [0.25, 0.3) is 10.9 Å². The van der Waals surface area contributed by atoms with Gasteiger partial charge in [0.2, 0.25) is 0 Å². The van der Waals surface area contributed by atoms with E-state index in [0.29, 0.717) is 27.8 Å². The van der Waals surface area contributed by atoms with Gasteiger partial charge in [-0.15, -0.1) is 0 Å². The van der Waals surface area contributed by atoms with Gasteiger partial charge in [0.15, 0.2) is 5.78 Å². The Morgan fingerprint density at radius 2 is 1.79 bits per heavy atom. The summed E-state index contributed by atoms with van der Waals surface area (Å²) in [4.78, 5) is 32.5. The normalized spacial score (nSPS) is 15.6. The summed E-state index contributed by atoms with van der Waals surface area (Å²) >= 11 is 0. The van der Waals surface area contributed by atoms with Crippen molar-refractivity contribution in [2.24, 2.45) is 0 Å². The summed E-state index contributed by atoms with van der Waals surface area (Å²) in [7, 11) is 5.13. The summed E-state index contributed by atoms with van der Waals surface area (Å²) in [6, 6.07) is 9.26. The van der Waals surface area contributed by atoms with Crippen molar-refractivity contribution in [3.8, 4) is 5.75 Å². The highest BCUT2D eigenvalue weighted by atomic mass is 19.1. The second-order valence-electron chi connectivity index (χ2n) is 9.21. The van der Waals surface area contributed by atoms with Crippen LogP contribution >= 0.6 is 0 Å². The van der Waals surface area contributed by atoms with E-state index in [4.69, 9.17) is 4.74 Å². The van der Waals surface area contributed by atoms with Gasteiger partial charge in [0.1, 0.15) is 17.2 Å². The maximum Gasteiger partial charge on any atom is 0.257 e. The Balaban J connectivity index is 1.53. The number of likely N-dealkylation sites (N-methyl/N-ethyl adjacent to an activating group) is 1. The van der Waals surface area contributed by atoms with Crippen molar-refractivity contribution < 1.29 is 23.1 Å². The zero-order valence-corrected chi connectivity index (χ0v) is 19.7. The predicted octanol–water partition coefficient (Wildman–Crippen LogP) is 4.25. The maximum absolute atomic E-state index is 15.5. The number of aromatic amines is 1. The Bertz CT molecular complexity index is 1200. The quantitative estimate of drug-likeness (QED) is 0.526. The molecular formula is C26H29F2N3O3. The molecule has 1 aliphatic rings. The van der Waals surface area contributed by atoms with Crippen LogP contribution in [-0.2, 0) is 6.42 Å². The van der Waals surface area contributed by atoms with Crippen molar-refractivity contribution in [1.82, 2.24) is 14.8 Å². The Morgan fingerprint density at radius 3 is 2.41 bits per heavy atom. The van der Waals surface area contributed by atoms with Crippen molar-refractivity contribution in [1.29, 1.82) is 0 Å². The fourth-order valence-corrected chi connectivity index (χ4v) is 4.51. The first-order valence-corrected chi connectivity index (χ1v) is 11.3. The fraction of sp³-hybridized carbons (Fsp3) is 0.385. The third-order valence-corrected chi connectivity index (χ3v) is 6.37. The van der Waals surface area contributed by atoms with Crippen molar-refractivity contribution in [3.63, 3.8) is 0 Å². The number of nitrogens with one attached hydrogen (secondary N) is 1. The number of H-pyrrole nitrogens is 1. The van der Waals surface area contributed by atoms with Gasteiger partial charge in [0, 0.05) is 48.2 Å². The summed E-state index contributed by atoms with van der Waals surface area (Å²) in [5.74, 6) is -0.262. The van der Waals surface area contributed by atoms with E-state index in [0.717, 1.165) is 5.56 Å². The number of benzene rings is 2. The van der Waals surface area contributed by atoms with Crippen molar-refractivity contribution in [2.75, 3.05) is 40.8 Å². The molecule has 6 nitrogen and oxygen atoms in total. The highest BCUT2D eigenvalue weighted by Gasteiger charge is 2.37. The van der Waals surface area contributed by atoms with Crippen LogP contribution in [-0.4, -0.2) is 73.0 Å². The van der Waals surface area contributed by atoms with E-state index in [9.17, 15) is 14.0 Å². The number of rotatable bonds is 7. The number of alkyl halides is 1. The van der Waals surface area contributed by atoms with Gasteiger partial charge in [0.25, 0.3) is 5.91 Å². The first-order valence-electron chi connectivity index (χ1n) is 11.3. The third-order valence-electron chi connectivity index (χ3n) is 6.37. The number of ether oxygens (including phenoxy) is 1. The number of carbonyl (C=O) groups is 2. The Labute approximate surface area is 197 Å².